The summed E-state index contributed by atoms with van der Waals surface area (Å²) in [6.07, 6.45) is 3.63. The van der Waals surface area contributed by atoms with Gasteiger partial charge in [-0.3, -0.25) is 9.59 Å². The van der Waals surface area contributed by atoms with E-state index in [1.54, 1.807) is 0 Å². The molecule has 6 heteroatoms. The molecule has 0 aromatic carbocycles. The largest absolute Gasteiger partial charge is 0.480 e. The monoisotopic (exact) mass is 256 g/mol. The summed E-state index contributed by atoms with van der Waals surface area (Å²) in [5, 5.41) is 9.23. The predicted molar refractivity (Wildman–Crippen MR) is 62.1 cm³/mol. The number of hydrogen-bond acceptors (Lipinski definition) is 2. The summed E-state index contributed by atoms with van der Waals surface area (Å²) in [6, 6.07) is 1.51. The third kappa shape index (κ3) is 3.23. The number of aromatic amines is 1. The maximum atomic E-state index is 12.0. The fourth-order valence-electron chi connectivity index (χ4n) is 1.66. The van der Waals surface area contributed by atoms with Crippen molar-refractivity contribution in [2.45, 2.75) is 12.8 Å². The van der Waals surface area contributed by atoms with E-state index < -0.39 is 5.97 Å². The number of carbonyl (C=O) groups is 2. The minimum atomic E-state index is -1.00. The molecule has 0 atom stereocenters. The van der Waals surface area contributed by atoms with Gasteiger partial charge in [-0.2, -0.15) is 0 Å². The summed E-state index contributed by atoms with van der Waals surface area (Å²) in [6.45, 7) is 0.230. The molecule has 1 fully saturated rings. The number of carboxylic acid groups (broad SMARTS) is 1. The zero-order valence-corrected chi connectivity index (χ0v) is 9.91. The topological polar surface area (TPSA) is 73.4 Å². The predicted octanol–water partition coefficient (Wildman–Crippen LogP) is 1.60. The molecule has 1 aliphatic rings. The van der Waals surface area contributed by atoms with Crippen LogP contribution in [0.5, 0.6) is 0 Å². The molecule has 0 radical (unpaired) electrons. The van der Waals surface area contributed by atoms with Gasteiger partial charge in [0.15, 0.2) is 0 Å². The molecule has 1 saturated carbocycles. The van der Waals surface area contributed by atoms with E-state index in [2.05, 4.69) is 4.98 Å². The number of carboxylic acids is 1. The van der Waals surface area contributed by atoms with Gasteiger partial charge >= 0.3 is 5.97 Å². The average molecular weight is 257 g/mol. The van der Waals surface area contributed by atoms with Gasteiger partial charge < -0.3 is 15.0 Å². The molecule has 17 heavy (non-hydrogen) atoms. The summed E-state index contributed by atoms with van der Waals surface area (Å²) in [4.78, 5) is 26.8. The Bertz CT molecular complexity index is 440. The van der Waals surface area contributed by atoms with Crippen LogP contribution in [0.1, 0.15) is 23.3 Å². The van der Waals surface area contributed by atoms with Gasteiger partial charge in [-0.1, -0.05) is 11.6 Å². The van der Waals surface area contributed by atoms with E-state index in [4.69, 9.17) is 16.7 Å². The van der Waals surface area contributed by atoms with Gasteiger partial charge in [0.25, 0.3) is 5.91 Å². The summed E-state index contributed by atoms with van der Waals surface area (Å²) in [7, 11) is 0. The lowest BCUT2D eigenvalue weighted by atomic mass is 10.3. The number of carbonyl (C=O) groups excluding carboxylic acids is 1. The number of halogens is 1. The molecule has 92 valence electrons. The fourth-order valence-corrected chi connectivity index (χ4v) is 1.82. The molecule has 2 rings (SSSR count). The lowest BCUT2D eigenvalue weighted by Crippen LogP contribution is -2.37. The second kappa shape index (κ2) is 4.79. The molecule has 1 aromatic heterocycles. The minimum Gasteiger partial charge on any atom is -0.480 e. The van der Waals surface area contributed by atoms with Crippen LogP contribution in [-0.2, 0) is 4.79 Å². The Labute approximate surface area is 103 Å². The van der Waals surface area contributed by atoms with Crippen molar-refractivity contribution in [3.8, 4) is 0 Å². The third-order valence-electron chi connectivity index (χ3n) is 2.67. The first-order valence-electron chi connectivity index (χ1n) is 5.41. The van der Waals surface area contributed by atoms with Crippen molar-refractivity contribution in [1.29, 1.82) is 0 Å². The van der Waals surface area contributed by atoms with Gasteiger partial charge in [0.2, 0.25) is 0 Å². The highest BCUT2D eigenvalue weighted by molar-refractivity contribution is 6.30. The van der Waals surface area contributed by atoms with Gasteiger partial charge in [-0.25, -0.2) is 0 Å². The highest BCUT2D eigenvalue weighted by Crippen LogP contribution is 2.30. The molecule has 0 spiro atoms. The standard InChI is InChI=1S/C11H13ClN2O3/c12-8-3-9(13-4-8)11(17)14(6-10(15)16)5-7-1-2-7/h3-4,7,13H,1-2,5-6H2,(H,15,16). The lowest BCUT2D eigenvalue weighted by molar-refractivity contribution is -0.137. The van der Waals surface area contributed by atoms with Crippen LogP contribution in [-0.4, -0.2) is 40.0 Å². The smallest absolute Gasteiger partial charge is 0.323 e. The van der Waals surface area contributed by atoms with E-state index in [0.717, 1.165) is 12.8 Å². The van der Waals surface area contributed by atoms with Gasteiger partial charge in [0, 0.05) is 12.7 Å². The molecule has 1 aromatic rings. The summed E-state index contributed by atoms with van der Waals surface area (Å²) in [5.41, 5.74) is 0.330. The molecule has 0 aliphatic heterocycles. The SMILES string of the molecule is O=C(O)CN(CC1CC1)C(=O)c1cc(Cl)c[nH]1. The normalized spacial score (nSPS) is 14.6. The first-order chi connectivity index (χ1) is 8.06. The number of amides is 1. The van der Waals surface area contributed by atoms with E-state index in [1.807, 2.05) is 0 Å². The van der Waals surface area contributed by atoms with Crippen LogP contribution in [0, 0.1) is 5.92 Å². The number of nitrogens with zero attached hydrogens (tertiary/aromatic N) is 1. The van der Waals surface area contributed by atoms with E-state index in [0.29, 0.717) is 23.2 Å². The van der Waals surface area contributed by atoms with Crippen LogP contribution in [0.2, 0.25) is 5.02 Å². The first-order valence-corrected chi connectivity index (χ1v) is 5.79. The van der Waals surface area contributed by atoms with E-state index in [-0.39, 0.29) is 12.5 Å². The Hall–Kier alpha value is -1.49. The van der Waals surface area contributed by atoms with E-state index >= 15 is 0 Å². The summed E-state index contributed by atoms with van der Waals surface area (Å²) < 4.78 is 0. The fraction of sp³-hybridized carbons (Fsp3) is 0.455. The molecule has 0 saturated heterocycles. The van der Waals surface area contributed by atoms with Crippen molar-refractivity contribution in [2.75, 3.05) is 13.1 Å². The number of rotatable bonds is 5. The van der Waals surface area contributed by atoms with Gasteiger partial charge in [0.1, 0.15) is 12.2 Å². The van der Waals surface area contributed by atoms with Gasteiger partial charge in [0.05, 0.1) is 5.02 Å². The number of aliphatic carboxylic acids is 1. The number of H-pyrrole nitrogens is 1. The quantitative estimate of drug-likeness (QED) is 0.841. The molecule has 0 bridgehead atoms. The molecule has 0 unspecified atom stereocenters. The highest BCUT2D eigenvalue weighted by Gasteiger charge is 2.28. The Balaban J connectivity index is 2.07. The van der Waals surface area contributed by atoms with Crippen LogP contribution in [0.25, 0.3) is 0 Å². The number of nitrogens with one attached hydrogen (secondary N) is 1. The number of hydrogen-bond donors (Lipinski definition) is 2. The molecule has 2 N–H and O–H groups in total. The first kappa shape index (κ1) is 12.0. The van der Waals surface area contributed by atoms with Crippen LogP contribution < -0.4 is 0 Å². The maximum Gasteiger partial charge on any atom is 0.323 e. The molecule has 1 amide bonds. The number of aromatic nitrogens is 1. The second-order valence-electron chi connectivity index (χ2n) is 4.25. The van der Waals surface area contributed by atoms with Gasteiger partial charge in [-0.15, -0.1) is 0 Å². The van der Waals surface area contributed by atoms with Crippen molar-refractivity contribution in [3.05, 3.63) is 23.0 Å². The molecular weight excluding hydrogens is 244 g/mol. The van der Waals surface area contributed by atoms with Crippen LogP contribution in [0.4, 0.5) is 0 Å². The van der Waals surface area contributed by atoms with E-state index in [1.165, 1.54) is 17.2 Å². The van der Waals surface area contributed by atoms with Crippen molar-refractivity contribution >= 4 is 23.5 Å². The molecule has 1 aliphatic carbocycles. The van der Waals surface area contributed by atoms with Crippen molar-refractivity contribution in [3.63, 3.8) is 0 Å². The molecule has 1 heterocycles. The minimum absolute atomic E-state index is 0.272. The van der Waals surface area contributed by atoms with E-state index in [9.17, 15) is 9.59 Å². The van der Waals surface area contributed by atoms with Crippen LogP contribution >= 0.6 is 11.6 Å². The Morgan fingerprint density at radius 1 is 1.53 bits per heavy atom. The van der Waals surface area contributed by atoms with Gasteiger partial charge in [-0.05, 0) is 24.8 Å². The molecular formula is C11H13ClN2O3. The van der Waals surface area contributed by atoms with Crippen molar-refractivity contribution in [1.82, 2.24) is 9.88 Å². The maximum absolute atomic E-state index is 12.0. The van der Waals surface area contributed by atoms with Crippen LogP contribution in [0.15, 0.2) is 12.3 Å². The highest BCUT2D eigenvalue weighted by atomic mass is 35.5. The average Bonchev–Trinajstić information content (AvgIpc) is 2.96. The Morgan fingerprint density at radius 3 is 2.71 bits per heavy atom. The zero-order chi connectivity index (χ0) is 12.4. The van der Waals surface area contributed by atoms with Crippen LogP contribution in [0.3, 0.4) is 0 Å². The third-order valence-corrected chi connectivity index (χ3v) is 2.89. The lowest BCUT2D eigenvalue weighted by Gasteiger charge is -2.19. The summed E-state index contributed by atoms with van der Waals surface area (Å²) in [5.74, 6) is -0.869. The van der Waals surface area contributed by atoms with Crippen molar-refractivity contribution in [2.24, 2.45) is 5.92 Å². The second-order valence-corrected chi connectivity index (χ2v) is 4.69. The zero-order valence-electron chi connectivity index (χ0n) is 9.15. The Morgan fingerprint density at radius 2 is 2.24 bits per heavy atom. The molecule has 5 nitrogen and oxygen atoms in total. The Kier molecular flexibility index (Phi) is 3.38. The summed E-state index contributed by atoms with van der Waals surface area (Å²) >= 11 is 5.71. The van der Waals surface area contributed by atoms with Crippen molar-refractivity contribution < 1.29 is 14.7 Å².